The molecule has 0 bridgehead atoms. The van der Waals surface area contributed by atoms with Crippen molar-refractivity contribution in [3.63, 3.8) is 0 Å². The Morgan fingerprint density at radius 3 is 2.74 bits per heavy atom. The van der Waals surface area contributed by atoms with E-state index in [0.29, 0.717) is 11.4 Å². The van der Waals surface area contributed by atoms with Crippen LogP contribution in [0.4, 0.5) is 10.9 Å². The molecule has 0 fully saturated rings. The largest absolute Gasteiger partial charge is 0.382 e. The number of anilines is 2. The van der Waals surface area contributed by atoms with Crippen LogP contribution >= 0.6 is 38.6 Å². The van der Waals surface area contributed by atoms with Crippen LogP contribution in [-0.2, 0) is 6.54 Å². The van der Waals surface area contributed by atoms with Gasteiger partial charge in [0, 0.05) is 19.0 Å². The number of amides is 1. The van der Waals surface area contributed by atoms with Crippen LogP contribution in [0.15, 0.2) is 15.9 Å². The van der Waals surface area contributed by atoms with Crippen molar-refractivity contribution < 1.29 is 4.79 Å². The number of nitrogens with zero attached hydrogens (tertiary/aromatic N) is 2. The molecule has 0 spiro atoms. The number of carbonyl (C=O) groups is 1. The number of hydrogen-bond acceptors (Lipinski definition) is 6. The van der Waals surface area contributed by atoms with Crippen LogP contribution in [0.3, 0.4) is 0 Å². The molecule has 5 nitrogen and oxygen atoms in total. The van der Waals surface area contributed by atoms with Crippen molar-refractivity contribution in [2.75, 3.05) is 24.7 Å². The fraction of sp³-hybridized carbons (Fsp3) is 0.273. The molecule has 2 aromatic heterocycles. The van der Waals surface area contributed by atoms with Crippen LogP contribution in [0, 0.1) is 0 Å². The Morgan fingerprint density at radius 1 is 1.47 bits per heavy atom. The van der Waals surface area contributed by atoms with Crippen molar-refractivity contribution in [3.05, 3.63) is 25.7 Å². The highest BCUT2D eigenvalue weighted by atomic mass is 79.9. The lowest BCUT2D eigenvalue weighted by atomic mass is 10.4. The molecule has 0 radical (unpaired) electrons. The zero-order valence-corrected chi connectivity index (χ0v) is 13.7. The third-order valence-electron chi connectivity index (χ3n) is 2.28. The Labute approximate surface area is 127 Å². The summed E-state index contributed by atoms with van der Waals surface area (Å²) in [7, 11) is 3.73. The summed E-state index contributed by atoms with van der Waals surface area (Å²) in [5.41, 5.74) is 5.76. The lowest BCUT2D eigenvalue weighted by Gasteiger charge is -2.05. The Morgan fingerprint density at radius 2 is 2.21 bits per heavy atom. The highest BCUT2D eigenvalue weighted by molar-refractivity contribution is 9.11. The van der Waals surface area contributed by atoms with Gasteiger partial charge in [-0.15, -0.1) is 11.3 Å². The molecule has 0 unspecified atom stereocenters. The van der Waals surface area contributed by atoms with Crippen molar-refractivity contribution in [2.24, 2.45) is 0 Å². The Hall–Kier alpha value is -1.12. The van der Waals surface area contributed by atoms with Crippen molar-refractivity contribution in [2.45, 2.75) is 6.54 Å². The number of thiophene rings is 1. The topological polar surface area (TPSA) is 71.2 Å². The molecule has 0 atom stereocenters. The molecule has 102 valence electrons. The van der Waals surface area contributed by atoms with E-state index in [0.717, 1.165) is 13.8 Å². The van der Waals surface area contributed by atoms with E-state index in [9.17, 15) is 4.79 Å². The number of nitrogens with one attached hydrogen (secondary N) is 1. The smallest absolute Gasteiger partial charge is 0.265 e. The molecule has 0 aliphatic heterocycles. The fourth-order valence-corrected chi connectivity index (χ4v) is 3.62. The number of aromatic nitrogens is 1. The molecular formula is C11H13BrN4OS2. The maximum atomic E-state index is 12.0. The molecule has 0 saturated heterocycles. The molecule has 2 heterocycles. The van der Waals surface area contributed by atoms with Gasteiger partial charge in [-0.25, -0.2) is 4.98 Å². The quantitative estimate of drug-likeness (QED) is 0.878. The molecule has 0 saturated carbocycles. The molecule has 3 N–H and O–H groups in total. The number of thiazole rings is 1. The number of carbonyl (C=O) groups excluding carboxylic acids is 1. The first-order valence-electron chi connectivity index (χ1n) is 5.43. The highest BCUT2D eigenvalue weighted by Crippen LogP contribution is 2.27. The third kappa shape index (κ3) is 3.46. The van der Waals surface area contributed by atoms with Crippen molar-refractivity contribution in [1.29, 1.82) is 0 Å². The summed E-state index contributed by atoms with van der Waals surface area (Å²) in [6, 6.07) is 3.92. The fourth-order valence-electron chi connectivity index (χ4n) is 1.37. The van der Waals surface area contributed by atoms with Crippen LogP contribution in [0.5, 0.6) is 0 Å². The van der Waals surface area contributed by atoms with E-state index in [1.807, 2.05) is 31.1 Å². The van der Waals surface area contributed by atoms with Crippen LogP contribution in [0.25, 0.3) is 0 Å². The van der Waals surface area contributed by atoms with Gasteiger partial charge in [0.1, 0.15) is 10.7 Å². The van der Waals surface area contributed by atoms with Gasteiger partial charge in [0.05, 0.1) is 10.3 Å². The Bertz CT molecular complexity index is 593. The molecule has 0 aromatic carbocycles. The maximum Gasteiger partial charge on any atom is 0.265 e. The number of hydrogen-bond donors (Lipinski definition) is 2. The minimum absolute atomic E-state index is 0.187. The first kappa shape index (κ1) is 14.3. The van der Waals surface area contributed by atoms with E-state index >= 15 is 0 Å². The predicted molar refractivity (Wildman–Crippen MR) is 84.0 cm³/mol. The molecule has 0 aliphatic carbocycles. The maximum absolute atomic E-state index is 12.0. The van der Waals surface area contributed by atoms with Crippen molar-refractivity contribution in [3.8, 4) is 0 Å². The van der Waals surface area contributed by atoms with Crippen molar-refractivity contribution in [1.82, 2.24) is 10.3 Å². The van der Waals surface area contributed by atoms with E-state index in [2.05, 4.69) is 26.2 Å². The summed E-state index contributed by atoms with van der Waals surface area (Å²) in [6.45, 7) is 0.490. The van der Waals surface area contributed by atoms with E-state index < -0.39 is 0 Å². The average Bonchev–Trinajstić information content (AvgIpc) is 2.92. The first-order valence-corrected chi connectivity index (χ1v) is 7.86. The monoisotopic (exact) mass is 360 g/mol. The van der Waals surface area contributed by atoms with Gasteiger partial charge < -0.3 is 16.0 Å². The van der Waals surface area contributed by atoms with E-state index in [-0.39, 0.29) is 11.7 Å². The average molecular weight is 361 g/mol. The van der Waals surface area contributed by atoms with Gasteiger partial charge in [0.15, 0.2) is 5.13 Å². The second-order valence-electron chi connectivity index (χ2n) is 3.99. The lowest BCUT2D eigenvalue weighted by molar-refractivity contribution is 0.0956. The third-order valence-corrected chi connectivity index (χ3v) is 5.14. The summed E-state index contributed by atoms with van der Waals surface area (Å²) in [5.74, 6) is 0.0891. The van der Waals surface area contributed by atoms with Gasteiger partial charge in [-0.1, -0.05) is 11.3 Å². The normalized spacial score (nSPS) is 10.5. The number of nitrogens with two attached hydrogens (primary N) is 1. The van der Waals surface area contributed by atoms with E-state index in [4.69, 9.17) is 5.73 Å². The summed E-state index contributed by atoms with van der Waals surface area (Å²) >= 11 is 6.26. The zero-order chi connectivity index (χ0) is 14.0. The minimum atomic E-state index is -0.187. The molecule has 2 aromatic rings. The minimum Gasteiger partial charge on any atom is -0.382 e. The van der Waals surface area contributed by atoms with Gasteiger partial charge >= 0.3 is 0 Å². The highest BCUT2D eigenvalue weighted by Gasteiger charge is 2.16. The Kier molecular flexibility index (Phi) is 4.43. The molecule has 8 heteroatoms. The lowest BCUT2D eigenvalue weighted by Crippen LogP contribution is -2.22. The second-order valence-corrected chi connectivity index (χ2v) is 7.52. The van der Waals surface area contributed by atoms with Crippen LogP contribution in [-0.4, -0.2) is 25.0 Å². The predicted octanol–water partition coefficient (Wildman–Crippen LogP) is 2.55. The number of rotatable bonds is 4. The molecule has 19 heavy (non-hydrogen) atoms. The second kappa shape index (κ2) is 5.89. The van der Waals surface area contributed by atoms with Gasteiger partial charge in [0.2, 0.25) is 0 Å². The van der Waals surface area contributed by atoms with Gasteiger partial charge in [-0.2, -0.15) is 0 Å². The van der Waals surface area contributed by atoms with E-state index in [1.54, 1.807) is 11.3 Å². The zero-order valence-electron chi connectivity index (χ0n) is 10.4. The summed E-state index contributed by atoms with van der Waals surface area (Å²) < 4.78 is 1.05. The van der Waals surface area contributed by atoms with Crippen LogP contribution < -0.4 is 16.0 Å². The number of nitrogen functional groups attached to an aromatic ring is 1. The molecule has 2 rings (SSSR count). The van der Waals surface area contributed by atoms with Gasteiger partial charge in [-0.3, -0.25) is 4.79 Å². The standard InChI is InChI=1S/C11H13BrN4OS2/c1-16(2)11-15-9(13)8(19-11)10(17)14-5-6-3-4-7(12)18-6/h3-4H,5,13H2,1-2H3,(H,14,17). The summed E-state index contributed by atoms with van der Waals surface area (Å²) in [4.78, 5) is 19.5. The van der Waals surface area contributed by atoms with Crippen LogP contribution in [0.2, 0.25) is 0 Å². The number of halogens is 1. The molecule has 1 amide bonds. The van der Waals surface area contributed by atoms with Crippen LogP contribution in [0.1, 0.15) is 14.5 Å². The SMILES string of the molecule is CN(C)c1nc(N)c(C(=O)NCc2ccc(Br)s2)s1. The molecular weight excluding hydrogens is 348 g/mol. The van der Waals surface area contributed by atoms with E-state index in [1.165, 1.54) is 11.3 Å². The first-order chi connectivity index (χ1) is 8.97. The summed E-state index contributed by atoms with van der Waals surface area (Å²) in [6.07, 6.45) is 0. The van der Waals surface area contributed by atoms with Crippen molar-refractivity contribution >= 4 is 55.5 Å². The van der Waals surface area contributed by atoms with Gasteiger partial charge in [-0.05, 0) is 28.1 Å². The Balaban J connectivity index is 2.03. The summed E-state index contributed by atoms with van der Waals surface area (Å²) in [5, 5.41) is 3.57. The molecule has 0 aliphatic rings. The van der Waals surface area contributed by atoms with Gasteiger partial charge in [0.25, 0.3) is 5.91 Å².